The smallest absolute Gasteiger partial charge is 0.223 e. The molecule has 4 bridgehead atoms. The zero-order valence-corrected chi connectivity index (χ0v) is 18.3. The van der Waals surface area contributed by atoms with E-state index in [-0.39, 0.29) is 29.0 Å². The SMILES string of the molecule is CC(CC(=O)N1C2CC3CC1CC(O)(C3)C2)c1n[nH]c2cccc(-c3ccc(F)s3)c12. The van der Waals surface area contributed by atoms with Crippen molar-refractivity contribution >= 4 is 28.1 Å². The Morgan fingerprint density at radius 2 is 2.06 bits per heavy atom. The van der Waals surface area contributed by atoms with Crippen molar-refractivity contribution in [3.8, 4) is 10.4 Å². The molecule has 2 N–H and O–H groups in total. The van der Waals surface area contributed by atoms with E-state index in [1.165, 1.54) is 6.07 Å². The van der Waals surface area contributed by atoms with E-state index in [0.29, 0.717) is 12.3 Å². The lowest BCUT2D eigenvalue weighted by Gasteiger charge is -2.59. The van der Waals surface area contributed by atoms with Gasteiger partial charge in [0.2, 0.25) is 5.91 Å². The monoisotopic (exact) mass is 439 g/mol. The van der Waals surface area contributed by atoms with Crippen molar-refractivity contribution in [2.45, 2.75) is 69.1 Å². The second kappa shape index (κ2) is 6.87. The molecule has 3 atom stereocenters. The van der Waals surface area contributed by atoms with Crippen LogP contribution in [0.4, 0.5) is 4.39 Å². The normalized spacial score (nSPS) is 30.3. The molecular weight excluding hydrogens is 413 g/mol. The second-order valence-electron chi connectivity index (χ2n) is 9.83. The Balaban J connectivity index is 1.28. The lowest BCUT2D eigenvalue weighted by Crippen LogP contribution is -2.65. The van der Waals surface area contributed by atoms with Gasteiger partial charge >= 0.3 is 0 Å². The van der Waals surface area contributed by atoms with Crippen LogP contribution in [0.1, 0.15) is 57.1 Å². The van der Waals surface area contributed by atoms with Crippen molar-refractivity contribution in [1.29, 1.82) is 0 Å². The molecule has 0 radical (unpaired) electrons. The number of thiophene rings is 1. The van der Waals surface area contributed by atoms with Gasteiger partial charge in [-0.1, -0.05) is 19.1 Å². The molecule has 1 aromatic carbocycles. The number of carbonyl (C=O) groups excluding carboxylic acids is 1. The lowest BCUT2D eigenvalue weighted by atomic mass is 9.61. The maximum absolute atomic E-state index is 13.7. The number of benzene rings is 1. The lowest BCUT2D eigenvalue weighted by molar-refractivity contribution is -0.174. The van der Waals surface area contributed by atoms with Gasteiger partial charge in [0.25, 0.3) is 0 Å². The molecule has 162 valence electrons. The fourth-order valence-corrected chi connectivity index (χ4v) is 7.34. The largest absolute Gasteiger partial charge is 0.390 e. The third-order valence-corrected chi connectivity index (χ3v) is 8.50. The van der Waals surface area contributed by atoms with E-state index in [1.54, 1.807) is 6.07 Å². The summed E-state index contributed by atoms with van der Waals surface area (Å²) in [6, 6.07) is 9.54. The number of amides is 1. The number of rotatable bonds is 4. The Morgan fingerprint density at radius 3 is 2.74 bits per heavy atom. The van der Waals surface area contributed by atoms with Crippen LogP contribution in [0.15, 0.2) is 30.3 Å². The molecule has 2 aliphatic heterocycles. The predicted octanol–water partition coefficient (Wildman–Crippen LogP) is 4.83. The molecule has 2 saturated carbocycles. The molecule has 3 aromatic rings. The van der Waals surface area contributed by atoms with Crippen LogP contribution in [0.5, 0.6) is 0 Å². The fourth-order valence-electron chi connectivity index (χ4n) is 6.58. The van der Waals surface area contributed by atoms with Crippen LogP contribution in [0.2, 0.25) is 0 Å². The van der Waals surface area contributed by atoms with Gasteiger partial charge in [0.15, 0.2) is 5.13 Å². The number of hydrogen-bond acceptors (Lipinski definition) is 4. The molecule has 5 nitrogen and oxygen atoms in total. The first-order chi connectivity index (χ1) is 14.9. The molecule has 1 amide bonds. The average Bonchev–Trinajstić information content (AvgIpc) is 3.32. The summed E-state index contributed by atoms with van der Waals surface area (Å²) in [5, 5.41) is 19.2. The van der Waals surface area contributed by atoms with E-state index < -0.39 is 5.60 Å². The average molecular weight is 440 g/mol. The van der Waals surface area contributed by atoms with Gasteiger partial charge in [-0.3, -0.25) is 9.89 Å². The molecular formula is C24H26FN3O2S. The van der Waals surface area contributed by atoms with E-state index in [2.05, 4.69) is 15.1 Å². The maximum atomic E-state index is 13.7. The van der Waals surface area contributed by atoms with Gasteiger partial charge in [-0.2, -0.15) is 9.49 Å². The number of H-pyrrole nitrogens is 1. The third kappa shape index (κ3) is 3.12. The Kier molecular flexibility index (Phi) is 4.31. The van der Waals surface area contributed by atoms with Gasteiger partial charge in [0.1, 0.15) is 0 Å². The first kappa shape index (κ1) is 19.4. The highest BCUT2D eigenvalue weighted by molar-refractivity contribution is 7.14. The summed E-state index contributed by atoms with van der Waals surface area (Å²) in [7, 11) is 0. The van der Waals surface area contributed by atoms with Crippen LogP contribution in [0.3, 0.4) is 0 Å². The number of hydrogen-bond donors (Lipinski definition) is 2. The van der Waals surface area contributed by atoms with Crippen molar-refractivity contribution in [1.82, 2.24) is 15.1 Å². The Hall–Kier alpha value is -2.25. The molecule has 7 rings (SSSR count). The molecule has 7 heteroatoms. The number of carbonyl (C=O) groups is 1. The van der Waals surface area contributed by atoms with Crippen molar-refractivity contribution in [3.63, 3.8) is 0 Å². The summed E-state index contributed by atoms with van der Waals surface area (Å²) in [6.45, 7) is 2.05. The highest BCUT2D eigenvalue weighted by Gasteiger charge is 2.54. The standard InChI is InChI=1S/C24H26FN3O2S/c1-13(7-21(29)28-15-8-14-9-16(28)12-24(30,10-14)11-15)23-22-17(19-5-6-20(25)31-19)3-2-4-18(22)26-27-23/h2-6,13-16,30H,7-12H2,1H3,(H,26,27). The van der Waals surface area contributed by atoms with E-state index in [0.717, 1.165) is 70.5 Å². The quantitative estimate of drug-likeness (QED) is 0.612. The topological polar surface area (TPSA) is 69.2 Å². The van der Waals surface area contributed by atoms with Crippen LogP contribution in [0.25, 0.3) is 21.3 Å². The fraction of sp³-hybridized carbons (Fsp3) is 0.500. The van der Waals surface area contributed by atoms with Gasteiger partial charge in [-0.05, 0) is 56.2 Å². The number of fused-ring (bicyclic) bond motifs is 1. The Morgan fingerprint density at radius 1 is 1.29 bits per heavy atom. The minimum atomic E-state index is -0.553. The minimum Gasteiger partial charge on any atom is -0.390 e. The van der Waals surface area contributed by atoms with Crippen LogP contribution in [-0.4, -0.2) is 43.8 Å². The third-order valence-electron chi connectivity index (χ3n) is 7.59. The predicted molar refractivity (Wildman–Crippen MR) is 118 cm³/mol. The first-order valence-corrected chi connectivity index (χ1v) is 12.0. The summed E-state index contributed by atoms with van der Waals surface area (Å²) in [4.78, 5) is 16.3. The number of halogens is 1. The summed E-state index contributed by atoms with van der Waals surface area (Å²) in [5.74, 6) is 0.668. The number of aromatic nitrogens is 2. The zero-order valence-electron chi connectivity index (χ0n) is 17.5. The van der Waals surface area contributed by atoms with Crippen LogP contribution in [0, 0.1) is 11.0 Å². The highest BCUT2D eigenvalue weighted by atomic mass is 32.1. The van der Waals surface area contributed by atoms with Crippen molar-refractivity contribution in [2.24, 2.45) is 5.92 Å². The molecule has 2 saturated heterocycles. The number of aromatic amines is 1. The van der Waals surface area contributed by atoms with Crippen molar-refractivity contribution in [3.05, 3.63) is 41.2 Å². The van der Waals surface area contributed by atoms with Gasteiger partial charge in [0, 0.05) is 40.2 Å². The molecule has 2 aromatic heterocycles. The summed E-state index contributed by atoms with van der Waals surface area (Å²) in [6.07, 6.45) is 4.79. The molecule has 0 spiro atoms. The molecule has 4 aliphatic rings. The summed E-state index contributed by atoms with van der Waals surface area (Å²) in [5.41, 5.74) is 2.16. The van der Waals surface area contributed by atoms with E-state index in [4.69, 9.17) is 0 Å². The molecule has 2 aliphatic carbocycles. The van der Waals surface area contributed by atoms with Gasteiger partial charge in [0.05, 0.1) is 16.8 Å². The van der Waals surface area contributed by atoms with Crippen molar-refractivity contribution in [2.75, 3.05) is 0 Å². The van der Waals surface area contributed by atoms with Crippen molar-refractivity contribution < 1.29 is 14.3 Å². The first-order valence-electron chi connectivity index (χ1n) is 11.2. The maximum Gasteiger partial charge on any atom is 0.223 e. The minimum absolute atomic E-state index is 0.0625. The molecule has 4 fully saturated rings. The molecule has 4 heterocycles. The summed E-state index contributed by atoms with van der Waals surface area (Å²) >= 11 is 1.12. The molecule has 31 heavy (non-hydrogen) atoms. The number of aliphatic hydroxyl groups is 1. The van der Waals surface area contributed by atoms with Crippen LogP contribution < -0.4 is 0 Å². The second-order valence-corrected chi connectivity index (χ2v) is 10.9. The van der Waals surface area contributed by atoms with Gasteiger partial charge in [-0.15, -0.1) is 11.3 Å². The van der Waals surface area contributed by atoms with E-state index in [1.807, 2.05) is 25.1 Å². The number of nitrogens with zero attached hydrogens (tertiary/aromatic N) is 2. The highest BCUT2D eigenvalue weighted by Crippen LogP contribution is 2.51. The number of piperidine rings is 2. The van der Waals surface area contributed by atoms with Crippen LogP contribution >= 0.6 is 11.3 Å². The zero-order chi connectivity index (χ0) is 21.3. The number of nitrogens with one attached hydrogen (secondary N) is 1. The Labute approximate surface area is 184 Å². The van der Waals surface area contributed by atoms with E-state index >= 15 is 0 Å². The Bertz CT molecular complexity index is 1150. The van der Waals surface area contributed by atoms with Crippen LogP contribution in [-0.2, 0) is 4.79 Å². The van der Waals surface area contributed by atoms with Gasteiger partial charge in [-0.25, -0.2) is 0 Å². The van der Waals surface area contributed by atoms with E-state index in [9.17, 15) is 14.3 Å². The molecule has 3 unspecified atom stereocenters. The summed E-state index contributed by atoms with van der Waals surface area (Å²) < 4.78 is 13.7. The van der Waals surface area contributed by atoms with Gasteiger partial charge < -0.3 is 10.0 Å².